The van der Waals surface area contributed by atoms with Crippen molar-refractivity contribution in [1.29, 1.82) is 0 Å². The van der Waals surface area contributed by atoms with Crippen molar-refractivity contribution in [1.82, 2.24) is 14.8 Å². The van der Waals surface area contributed by atoms with Crippen LogP contribution in [0.5, 0.6) is 0 Å². The standard InChI is InChI=1S/C8H9N3O3S2/c1-16(13,14)7-3-10-11(4-7)8-9-2-6(5-12)15-8/h2-4,12H,5H2,1H3. The van der Waals surface area contributed by atoms with Gasteiger partial charge in [0.15, 0.2) is 9.84 Å². The zero-order chi connectivity index (χ0) is 11.8. The molecule has 0 aromatic carbocycles. The molecular formula is C8H9N3O3S2. The molecule has 0 aliphatic rings. The molecule has 2 heterocycles. The molecule has 0 radical (unpaired) electrons. The first-order valence-electron chi connectivity index (χ1n) is 4.31. The molecule has 8 heteroatoms. The van der Waals surface area contributed by atoms with Gasteiger partial charge in [-0.25, -0.2) is 18.1 Å². The summed E-state index contributed by atoms with van der Waals surface area (Å²) >= 11 is 1.25. The Bertz CT molecular complexity index is 600. The number of sulfone groups is 1. The molecule has 0 amide bonds. The third-order valence-electron chi connectivity index (χ3n) is 1.88. The maximum atomic E-state index is 11.2. The van der Waals surface area contributed by atoms with Crippen LogP contribution in [-0.4, -0.2) is 34.5 Å². The van der Waals surface area contributed by atoms with Crippen molar-refractivity contribution >= 4 is 21.2 Å². The lowest BCUT2D eigenvalue weighted by atomic mass is 10.6. The van der Waals surface area contributed by atoms with Crippen molar-refractivity contribution < 1.29 is 13.5 Å². The van der Waals surface area contributed by atoms with Crippen LogP contribution < -0.4 is 0 Å². The first-order valence-corrected chi connectivity index (χ1v) is 7.02. The first-order chi connectivity index (χ1) is 7.50. The molecule has 0 saturated heterocycles. The Morgan fingerprint density at radius 3 is 2.75 bits per heavy atom. The van der Waals surface area contributed by atoms with E-state index in [2.05, 4.69) is 10.1 Å². The summed E-state index contributed by atoms with van der Waals surface area (Å²) in [6.45, 7) is -0.0854. The molecule has 0 spiro atoms. The minimum Gasteiger partial charge on any atom is -0.391 e. The predicted octanol–water partition coefficient (Wildman–Crippen LogP) is 0.225. The number of aliphatic hydroxyl groups is 1. The Morgan fingerprint density at radius 2 is 2.25 bits per heavy atom. The van der Waals surface area contributed by atoms with Gasteiger partial charge in [-0.3, -0.25) is 0 Å². The van der Waals surface area contributed by atoms with Crippen molar-refractivity contribution in [3.8, 4) is 5.13 Å². The van der Waals surface area contributed by atoms with Gasteiger partial charge in [0.2, 0.25) is 5.13 Å². The van der Waals surface area contributed by atoms with Crippen LogP contribution in [0.25, 0.3) is 5.13 Å². The fourth-order valence-corrected chi connectivity index (χ4v) is 2.31. The average Bonchev–Trinajstić information content (AvgIpc) is 2.85. The number of rotatable bonds is 3. The summed E-state index contributed by atoms with van der Waals surface area (Å²) in [7, 11) is -3.24. The van der Waals surface area contributed by atoms with Gasteiger partial charge in [-0.15, -0.1) is 0 Å². The second-order valence-electron chi connectivity index (χ2n) is 3.16. The van der Waals surface area contributed by atoms with Crippen LogP contribution in [0.15, 0.2) is 23.5 Å². The topological polar surface area (TPSA) is 85.1 Å². The summed E-state index contributed by atoms with van der Waals surface area (Å²) in [5, 5.41) is 13.3. The van der Waals surface area contributed by atoms with Crippen molar-refractivity contribution in [2.75, 3.05) is 6.26 Å². The van der Waals surface area contributed by atoms with E-state index in [9.17, 15) is 8.42 Å². The van der Waals surface area contributed by atoms with E-state index >= 15 is 0 Å². The molecule has 0 atom stereocenters. The highest BCUT2D eigenvalue weighted by Gasteiger charge is 2.12. The molecule has 86 valence electrons. The fourth-order valence-electron chi connectivity index (χ4n) is 1.08. The van der Waals surface area contributed by atoms with Gasteiger partial charge in [0, 0.05) is 12.5 Å². The predicted molar refractivity (Wildman–Crippen MR) is 58.3 cm³/mol. The van der Waals surface area contributed by atoms with Gasteiger partial charge < -0.3 is 5.11 Å². The highest BCUT2D eigenvalue weighted by molar-refractivity contribution is 7.90. The molecule has 2 rings (SSSR count). The second kappa shape index (κ2) is 3.96. The summed E-state index contributed by atoms with van der Waals surface area (Å²) < 4.78 is 23.8. The zero-order valence-corrected chi connectivity index (χ0v) is 9.99. The van der Waals surface area contributed by atoms with Crippen molar-refractivity contribution in [2.24, 2.45) is 0 Å². The van der Waals surface area contributed by atoms with Gasteiger partial charge in [0.05, 0.1) is 23.9 Å². The maximum Gasteiger partial charge on any atom is 0.210 e. The van der Waals surface area contributed by atoms with Gasteiger partial charge in [0.1, 0.15) is 4.90 Å². The number of aliphatic hydroxyl groups excluding tert-OH is 1. The summed E-state index contributed by atoms with van der Waals surface area (Å²) in [4.78, 5) is 4.86. The number of nitrogens with zero attached hydrogens (tertiary/aromatic N) is 3. The second-order valence-corrected chi connectivity index (χ2v) is 6.27. The van der Waals surface area contributed by atoms with Crippen LogP contribution in [0.4, 0.5) is 0 Å². The SMILES string of the molecule is CS(=O)(=O)c1cnn(-c2ncc(CO)s2)c1. The van der Waals surface area contributed by atoms with E-state index in [4.69, 9.17) is 5.11 Å². The van der Waals surface area contributed by atoms with Crippen LogP contribution in [0.1, 0.15) is 4.88 Å². The smallest absolute Gasteiger partial charge is 0.210 e. The Morgan fingerprint density at radius 1 is 1.50 bits per heavy atom. The normalized spacial score (nSPS) is 11.9. The average molecular weight is 259 g/mol. The van der Waals surface area contributed by atoms with Crippen LogP contribution in [0.2, 0.25) is 0 Å². The van der Waals surface area contributed by atoms with E-state index in [0.717, 1.165) is 6.26 Å². The Balaban J connectivity index is 2.39. The highest BCUT2D eigenvalue weighted by Crippen LogP contribution is 2.18. The third kappa shape index (κ3) is 2.13. The van der Waals surface area contributed by atoms with Gasteiger partial charge in [-0.05, 0) is 0 Å². The summed E-state index contributed by atoms with van der Waals surface area (Å²) in [5.74, 6) is 0. The Kier molecular flexibility index (Phi) is 2.78. The van der Waals surface area contributed by atoms with E-state index in [1.807, 2.05) is 0 Å². The number of aromatic nitrogens is 3. The monoisotopic (exact) mass is 259 g/mol. The Labute approximate surface area is 96.1 Å². The van der Waals surface area contributed by atoms with Crippen LogP contribution in [0.3, 0.4) is 0 Å². The van der Waals surface area contributed by atoms with E-state index in [1.165, 1.54) is 34.6 Å². The highest BCUT2D eigenvalue weighted by atomic mass is 32.2. The zero-order valence-electron chi connectivity index (χ0n) is 8.36. The molecule has 0 unspecified atom stereocenters. The lowest BCUT2D eigenvalue weighted by Gasteiger charge is -1.92. The van der Waals surface area contributed by atoms with E-state index < -0.39 is 9.84 Å². The minimum atomic E-state index is -3.24. The van der Waals surface area contributed by atoms with E-state index in [0.29, 0.717) is 10.0 Å². The van der Waals surface area contributed by atoms with Gasteiger partial charge >= 0.3 is 0 Å². The molecule has 16 heavy (non-hydrogen) atoms. The van der Waals surface area contributed by atoms with Gasteiger partial charge in [-0.1, -0.05) is 11.3 Å². The number of hydrogen-bond acceptors (Lipinski definition) is 6. The molecule has 0 aliphatic heterocycles. The van der Waals surface area contributed by atoms with Crippen molar-refractivity contribution in [3.05, 3.63) is 23.5 Å². The minimum absolute atomic E-state index is 0.0854. The number of hydrogen-bond donors (Lipinski definition) is 1. The molecular weight excluding hydrogens is 250 g/mol. The molecule has 6 nitrogen and oxygen atoms in total. The fraction of sp³-hybridized carbons (Fsp3) is 0.250. The molecule has 0 aliphatic carbocycles. The van der Waals surface area contributed by atoms with E-state index in [-0.39, 0.29) is 11.5 Å². The summed E-state index contributed by atoms with van der Waals surface area (Å²) in [5.41, 5.74) is 0. The molecule has 1 N–H and O–H groups in total. The van der Waals surface area contributed by atoms with Crippen LogP contribution >= 0.6 is 11.3 Å². The summed E-state index contributed by atoms with van der Waals surface area (Å²) in [6.07, 6.45) is 5.32. The van der Waals surface area contributed by atoms with Crippen LogP contribution in [-0.2, 0) is 16.4 Å². The van der Waals surface area contributed by atoms with Crippen molar-refractivity contribution in [2.45, 2.75) is 11.5 Å². The number of thiazole rings is 1. The largest absolute Gasteiger partial charge is 0.391 e. The van der Waals surface area contributed by atoms with E-state index in [1.54, 1.807) is 0 Å². The summed E-state index contributed by atoms with van der Waals surface area (Å²) in [6, 6.07) is 0. The Hall–Kier alpha value is -1.25. The third-order valence-corrected chi connectivity index (χ3v) is 3.92. The van der Waals surface area contributed by atoms with Crippen molar-refractivity contribution in [3.63, 3.8) is 0 Å². The lowest BCUT2D eigenvalue weighted by molar-refractivity contribution is 0.285. The molecule has 2 aromatic rings. The molecule has 0 saturated carbocycles. The first kappa shape index (κ1) is 11.2. The molecule has 0 bridgehead atoms. The van der Waals surface area contributed by atoms with Gasteiger partial charge in [-0.2, -0.15) is 5.10 Å². The lowest BCUT2D eigenvalue weighted by Crippen LogP contribution is -1.95. The molecule has 2 aromatic heterocycles. The molecule has 0 fully saturated rings. The quantitative estimate of drug-likeness (QED) is 0.852. The van der Waals surface area contributed by atoms with Crippen LogP contribution in [0, 0.1) is 0 Å². The van der Waals surface area contributed by atoms with Gasteiger partial charge in [0.25, 0.3) is 0 Å². The maximum absolute atomic E-state index is 11.2.